The van der Waals surface area contributed by atoms with Crippen LogP contribution in [0.1, 0.15) is 29.7 Å². The normalized spacial score (nSPS) is 13.8. The number of ether oxygens (including phenoxy) is 3. The first-order chi connectivity index (χ1) is 28.3. The Bertz CT molecular complexity index is 2880. The Hall–Kier alpha value is -7.31. The van der Waals surface area contributed by atoms with Crippen molar-refractivity contribution in [2.75, 3.05) is 20.8 Å². The fourth-order valence-electron chi connectivity index (χ4n) is 7.26. The Balaban J connectivity index is 1.43. The molecule has 11 nitrogen and oxygen atoms in total. The number of esters is 1. The Labute approximate surface area is 336 Å². The minimum absolute atomic E-state index is 0.0270. The molecule has 0 radical (unpaired) electrons. The fraction of sp³-hybridized carbons (Fsp3) is 0.109. The van der Waals surface area contributed by atoms with Crippen LogP contribution < -0.4 is 24.4 Å². The van der Waals surface area contributed by atoms with Crippen molar-refractivity contribution in [2.45, 2.75) is 13.0 Å². The summed E-state index contributed by atoms with van der Waals surface area (Å²) in [5.41, 5.74) is 6.27. The van der Waals surface area contributed by atoms with E-state index in [2.05, 4.69) is 4.57 Å². The lowest BCUT2D eigenvalue weighted by molar-refractivity contribution is -0.384. The van der Waals surface area contributed by atoms with Gasteiger partial charge in [-0.1, -0.05) is 108 Å². The third-order valence-corrected chi connectivity index (χ3v) is 10.8. The van der Waals surface area contributed by atoms with Crippen molar-refractivity contribution in [3.63, 3.8) is 0 Å². The Morgan fingerprint density at radius 2 is 1.43 bits per heavy atom. The molecule has 8 rings (SSSR count). The summed E-state index contributed by atoms with van der Waals surface area (Å²) in [4.78, 5) is 45.7. The first kappa shape index (κ1) is 37.6. The first-order valence-corrected chi connectivity index (χ1v) is 19.2. The lowest BCUT2D eigenvalue weighted by Crippen LogP contribution is -2.40. The van der Waals surface area contributed by atoms with Gasteiger partial charge in [-0.15, -0.1) is 0 Å². The van der Waals surface area contributed by atoms with Gasteiger partial charge in [0.05, 0.1) is 59.0 Å². The van der Waals surface area contributed by atoms with E-state index in [1.165, 1.54) is 30.6 Å². The SMILES string of the molecule is CCOC(=O)C1=C(c2ccccc2)N=c2s/c(=C\c3cc(-c4ccccc4)n(-c4ccc([N+](=O)[O-])cc4)c3-c3ccccc3)c(=O)n2[C@@H]1c1ccc(OC)c(OC)c1. The summed E-state index contributed by atoms with van der Waals surface area (Å²) in [6.45, 7) is 1.85. The van der Waals surface area contributed by atoms with Crippen LogP contribution in [-0.2, 0) is 9.53 Å². The van der Waals surface area contributed by atoms with Gasteiger partial charge in [-0.25, -0.2) is 9.79 Å². The van der Waals surface area contributed by atoms with Crippen molar-refractivity contribution < 1.29 is 23.9 Å². The number of hydrogen-bond donors (Lipinski definition) is 0. The molecule has 1 aliphatic rings. The standard InChI is InChI=1S/C46H36N4O7S/c1-4-57-45(52)40-41(30-16-10-6-11-17-30)47-46-49(43(40)32-20-25-37(55-2)38(27-32)56-3)44(51)39(58-46)28-33-26-36(29-14-8-5-9-15-29)48(42(33)31-18-12-7-13-19-31)34-21-23-35(24-22-34)50(53)54/h5-28,43H,4H2,1-3H3/b39-28-/t43-/m1/s1. The van der Waals surface area contributed by atoms with Gasteiger partial charge in [-0.2, -0.15) is 0 Å². The number of aromatic nitrogens is 2. The zero-order valence-corrected chi connectivity index (χ0v) is 32.5. The van der Waals surface area contributed by atoms with E-state index < -0.39 is 16.9 Å². The molecule has 1 aliphatic heterocycles. The van der Waals surface area contributed by atoms with Crippen LogP contribution in [0, 0.1) is 10.1 Å². The van der Waals surface area contributed by atoms with Crippen molar-refractivity contribution >= 4 is 34.8 Å². The molecule has 0 unspecified atom stereocenters. The Morgan fingerprint density at radius 3 is 2.03 bits per heavy atom. The highest BCUT2D eigenvalue weighted by atomic mass is 32.1. The van der Waals surface area contributed by atoms with Crippen molar-refractivity contribution in [2.24, 2.45) is 4.99 Å². The molecule has 0 aliphatic carbocycles. The molecule has 0 bridgehead atoms. The van der Waals surface area contributed by atoms with Crippen LogP contribution in [0.15, 0.2) is 155 Å². The van der Waals surface area contributed by atoms with Gasteiger partial charge in [0.15, 0.2) is 16.3 Å². The molecule has 288 valence electrons. The lowest BCUT2D eigenvalue weighted by Gasteiger charge is -2.26. The van der Waals surface area contributed by atoms with Gasteiger partial charge < -0.3 is 18.8 Å². The number of non-ortho nitro benzene ring substituents is 1. The van der Waals surface area contributed by atoms with E-state index >= 15 is 4.79 Å². The van der Waals surface area contributed by atoms with Crippen LogP contribution in [0.25, 0.3) is 40.0 Å². The molecule has 0 saturated carbocycles. The molecule has 2 aromatic heterocycles. The third kappa shape index (κ3) is 6.90. The van der Waals surface area contributed by atoms with E-state index in [0.29, 0.717) is 43.3 Å². The average Bonchev–Trinajstić information content (AvgIpc) is 3.80. The summed E-state index contributed by atoms with van der Waals surface area (Å²) in [7, 11) is 3.07. The van der Waals surface area contributed by atoms with Crippen molar-refractivity contribution in [1.82, 2.24) is 9.13 Å². The minimum Gasteiger partial charge on any atom is -0.493 e. The van der Waals surface area contributed by atoms with E-state index in [1.807, 2.05) is 103 Å². The number of nitro groups is 1. The number of fused-ring (bicyclic) bond motifs is 1. The van der Waals surface area contributed by atoms with Gasteiger partial charge in [0.1, 0.15) is 0 Å². The van der Waals surface area contributed by atoms with Gasteiger partial charge in [0.2, 0.25) is 0 Å². The summed E-state index contributed by atoms with van der Waals surface area (Å²) in [6, 6.07) is 41.8. The van der Waals surface area contributed by atoms with Gasteiger partial charge in [0, 0.05) is 28.9 Å². The second kappa shape index (κ2) is 16.0. The van der Waals surface area contributed by atoms with Crippen molar-refractivity contribution in [1.29, 1.82) is 0 Å². The van der Waals surface area contributed by atoms with Crippen molar-refractivity contribution in [3.8, 4) is 39.7 Å². The zero-order valence-electron chi connectivity index (χ0n) is 31.7. The second-order valence-electron chi connectivity index (χ2n) is 13.2. The first-order valence-electron chi connectivity index (χ1n) is 18.4. The van der Waals surface area contributed by atoms with E-state index in [-0.39, 0.29) is 23.4 Å². The number of rotatable bonds is 11. The van der Waals surface area contributed by atoms with Gasteiger partial charge in [0.25, 0.3) is 11.2 Å². The highest BCUT2D eigenvalue weighted by molar-refractivity contribution is 7.07. The number of carbonyl (C=O) groups is 1. The minimum atomic E-state index is -0.939. The number of carbonyl (C=O) groups excluding carboxylic acids is 1. The van der Waals surface area contributed by atoms with Crippen LogP contribution in [-0.4, -0.2) is 40.9 Å². The predicted octanol–water partition coefficient (Wildman–Crippen LogP) is 7.99. The maximum atomic E-state index is 15.0. The molecule has 3 heterocycles. The molecule has 58 heavy (non-hydrogen) atoms. The van der Waals surface area contributed by atoms with Crippen LogP contribution in [0.3, 0.4) is 0 Å². The Kier molecular flexibility index (Phi) is 10.4. The molecule has 5 aromatic carbocycles. The fourth-order valence-corrected chi connectivity index (χ4v) is 8.26. The molecule has 7 aromatic rings. The van der Waals surface area contributed by atoms with E-state index in [9.17, 15) is 14.9 Å². The number of hydrogen-bond acceptors (Lipinski definition) is 9. The molecule has 1 atom stereocenters. The van der Waals surface area contributed by atoms with E-state index in [1.54, 1.807) is 48.9 Å². The van der Waals surface area contributed by atoms with Gasteiger partial charge in [-0.05, 0) is 60.0 Å². The number of benzene rings is 5. The molecule has 0 fully saturated rings. The third-order valence-electron chi connectivity index (χ3n) is 9.85. The molecular weight excluding hydrogens is 753 g/mol. The number of methoxy groups -OCH3 is 2. The Morgan fingerprint density at radius 1 is 0.810 bits per heavy atom. The van der Waals surface area contributed by atoms with Crippen molar-refractivity contribution in [3.05, 3.63) is 192 Å². The number of thiazole rings is 1. The maximum Gasteiger partial charge on any atom is 0.338 e. The van der Waals surface area contributed by atoms with Crippen LogP contribution in [0.5, 0.6) is 11.5 Å². The summed E-state index contributed by atoms with van der Waals surface area (Å²) >= 11 is 1.22. The zero-order chi connectivity index (χ0) is 40.3. The molecular formula is C46H36N4O7S. The van der Waals surface area contributed by atoms with E-state index in [0.717, 1.165) is 28.1 Å². The maximum absolute atomic E-state index is 15.0. The quantitative estimate of drug-likeness (QED) is 0.0739. The average molecular weight is 789 g/mol. The van der Waals surface area contributed by atoms with Crippen LogP contribution >= 0.6 is 11.3 Å². The lowest BCUT2D eigenvalue weighted by atomic mass is 9.93. The number of nitro benzene ring substituents is 1. The van der Waals surface area contributed by atoms with E-state index in [4.69, 9.17) is 19.2 Å². The molecule has 0 saturated heterocycles. The topological polar surface area (TPSA) is 127 Å². The molecule has 0 amide bonds. The summed E-state index contributed by atoms with van der Waals surface area (Å²) in [6.07, 6.45) is 1.85. The summed E-state index contributed by atoms with van der Waals surface area (Å²) in [5.74, 6) is 0.319. The highest BCUT2D eigenvalue weighted by Gasteiger charge is 2.36. The summed E-state index contributed by atoms with van der Waals surface area (Å²) in [5, 5.41) is 11.6. The van der Waals surface area contributed by atoms with Crippen LogP contribution in [0.2, 0.25) is 0 Å². The predicted molar refractivity (Wildman–Crippen MR) is 224 cm³/mol. The molecule has 0 N–H and O–H groups in total. The second-order valence-corrected chi connectivity index (χ2v) is 14.2. The van der Waals surface area contributed by atoms with Gasteiger partial charge in [-0.3, -0.25) is 19.5 Å². The summed E-state index contributed by atoms with van der Waals surface area (Å²) < 4.78 is 20.8. The monoisotopic (exact) mass is 788 g/mol. The molecule has 0 spiro atoms. The smallest absolute Gasteiger partial charge is 0.338 e. The highest BCUT2D eigenvalue weighted by Crippen LogP contribution is 2.40. The molecule has 12 heteroatoms. The van der Waals surface area contributed by atoms with Gasteiger partial charge >= 0.3 is 5.97 Å². The number of nitrogens with zero attached hydrogens (tertiary/aromatic N) is 4. The van der Waals surface area contributed by atoms with Crippen LogP contribution in [0.4, 0.5) is 5.69 Å². The largest absolute Gasteiger partial charge is 0.493 e.